The van der Waals surface area contributed by atoms with Gasteiger partial charge in [0.15, 0.2) is 0 Å². The lowest BCUT2D eigenvalue weighted by Gasteiger charge is -2.22. The van der Waals surface area contributed by atoms with E-state index in [4.69, 9.17) is 21.1 Å². The van der Waals surface area contributed by atoms with Gasteiger partial charge in [-0.15, -0.1) is 5.10 Å². The highest BCUT2D eigenvalue weighted by Gasteiger charge is 2.20. The van der Waals surface area contributed by atoms with Gasteiger partial charge in [-0.3, -0.25) is 9.89 Å². The van der Waals surface area contributed by atoms with Crippen LogP contribution in [0.15, 0.2) is 36.5 Å². The van der Waals surface area contributed by atoms with Crippen LogP contribution in [0.2, 0.25) is 5.02 Å². The molecule has 0 unspecified atom stereocenters. The van der Waals surface area contributed by atoms with Crippen molar-refractivity contribution in [2.45, 2.75) is 44.9 Å². The molecule has 2 aromatic heterocycles. The Morgan fingerprint density at radius 3 is 2.77 bits per heavy atom. The van der Waals surface area contributed by atoms with Crippen LogP contribution in [-0.2, 0) is 11.2 Å². The maximum Gasteiger partial charge on any atom is 0.296 e. The molecular weight excluding hydrogens is 466 g/mol. The molecule has 3 aromatic rings. The molecule has 9 heteroatoms. The lowest BCUT2D eigenvalue weighted by molar-refractivity contribution is 0.0497. The van der Waals surface area contributed by atoms with E-state index in [1.54, 1.807) is 12.3 Å². The minimum atomic E-state index is -0.400. The van der Waals surface area contributed by atoms with Gasteiger partial charge in [-0.25, -0.2) is 9.97 Å². The first-order valence-electron chi connectivity index (χ1n) is 12.3. The molecule has 1 aromatic carbocycles. The van der Waals surface area contributed by atoms with Gasteiger partial charge in [0.05, 0.1) is 6.61 Å². The zero-order chi connectivity index (χ0) is 24.0. The second kappa shape index (κ2) is 11.2. The van der Waals surface area contributed by atoms with Gasteiger partial charge in [-0.2, -0.15) is 0 Å². The molecule has 0 bridgehead atoms. The third-order valence-electron chi connectivity index (χ3n) is 6.77. The first-order chi connectivity index (χ1) is 17.1. The minimum absolute atomic E-state index is 0.117. The molecular formula is C26H30ClN5O3. The molecule has 1 aliphatic heterocycles. The largest absolute Gasteiger partial charge is 0.493 e. The van der Waals surface area contributed by atoms with E-state index in [9.17, 15) is 4.79 Å². The highest BCUT2D eigenvalue weighted by atomic mass is 35.5. The molecule has 35 heavy (non-hydrogen) atoms. The highest BCUT2D eigenvalue weighted by Crippen LogP contribution is 2.33. The molecule has 1 saturated heterocycles. The van der Waals surface area contributed by atoms with Crippen molar-refractivity contribution in [1.82, 2.24) is 20.2 Å². The third kappa shape index (κ3) is 6.18. The number of carbonyl (C=O) groups excluding carboxylic acids is 1. The molecule has 0 atom stereocenters. The van der Waals surface area contributed by atoms with Crippen LogP contribution in [-0.4, -0.2) is 45.9 Å². The number of ether oxygens (including phenoxy) is 2. The Balaban J connectivity index is 1.24. The summed E-state index contributed by atoms with van der Waals surface area (Å²) in [4.78, 5) is 21.4. The summed E-state index contributed by atoms with van der Waals surface area (Å²) in [5, 5.41) is 10.4. The third-order valence-corrected chi connectivity index (χ3v) is 7.10. The SMILES string of the molecule is O=C(Nc1cc(-c2cc(OCC3CCOCC3)ccc2Cl)ccn1)c1n[nH]c(CC2CCCC2)n1. The van der Waals surface area contributed by atoms with Crippen LogP contribution in [0.1, 0.15) is 55.0 Å². The van der Waals surface area contributed by atoms with Crippen molar-refractivity contribution in [2.24, 2.45) is 11.8 Å². The van der Waals surface area contributed by atoms with E-state index in [1.165, 1.54) is 25.7 Å². The van der Waals surface area contributed by atoms with Gasteiger partial charge in [0.2, 0.25) is 5.82 Å². The normalized spacial score (nSPS) is 16.9. The molecule has 5 rings (SSSR count). The van der Waals surface area contributed by atoms with Gasteiger partial charge >= 0.3 is 0 Å². The Labute approximate surface area is 209 Å². The molecule has 0 spiro atoms. The second-order valence-corrected chi connectivity index (χ2v) is 9.76. The van der Waals surface area contributed by atoms with Gasteiger partial charge in [-0.1, -0.05) is 37.3 Å². The van der Waals surface area contributed by atoms with E-state index in [0.29, 0.717) is 29.3 Å². The highest BCUT2D eigenvalue weighted by molar-refractivity contribution is 6.33. The van der Waals surface area contributed by atoms with Gasteiger partial charge < -0.3 is 14.8 Å². The number of halogens is 1. The fourth-order valence-electron chi connectivity index (χ4n) is 4.76. The first-order valence-corrected chi connectivity index (χ1v) is 12.7. The Morgan fingerprint density at radius 2 is 1.94 bits per heavy atom. The van der Waals surface area contributed by atoms with Crippen molar-refractivity contribution >= 4 is 23.3 Å². The molecule has 2 N–H and O–H groups in total. The number of aromatic amines is 1. The zero-order valence-electron chi connectivity index (χ0n) is 19.6. The average molecular weight is 496 g/mol. The number of hydrogen-bond donors (Lipinski definition) is 2. The van der Waals surface area contributed by atoms with Crippen molar-refractivity contribution in [2.75, 3.05) is 25.1 Å². The number of amides is 1. The summed E-state index contributed by atoms with van der Waals surface area (Å²) in [7, 11) is 0. The number of rotatable bonds is 8. The van der Waals surface area contributed by atoms with Gasteiger partial charge in [0, 0.05) is 36.4 Å². The monoisotopic (exact) mass is 495 g/mol. The summed E-state index contributed by atoms with van der Waals surface area (Å²) < 4.78 is 11.5. The summed E-state index contributed by atoms with van der Waals surface area (Å²) in [5.41, 5.74) is 1.64. The van der Waals surface area contributed by atoms with Crippen LogP contribution in [0, 0.1) is 11.8 Å². The quantitative estimate of drug-likeness (QED) is 0.439. The number of carbonyl (C=O) groups is 1. The van der Waals surface area contributed by atoms with Crippen molar-refractivity contribution in [3.8, 4) is 16.9 Å². The smallest absolute Gasteiger partial charge is 0.296 e. The summed E-state index contributed by atoms with van der Waals surface area (Å²) in [5.74, 6) is 2.76. The molecule has 2 fully saturated rings. The van der Waals surface area contributed by atoms with E-state index in [1.807, 2.05) is 24.3 Å². The number of aromatic nitrogens is 4. The molecule has 2 aliphatic rings. The van der Waals surface area contributed by atoms with Crippen LogP contribution in [0.5, 0.6) is 5.75 Å². The Kier molecular flexibility index (Phi) is 7.59. The number of H-pyrrole nitrogens is 1. The summed E-state index contributed by atoms with van der Waals surface area (Å²) in [6, 6.07) is 9.27. The molecule has 1 aliphatic carbocycles. The van der Waals surface area contributed by atoms with Crippen molar-refractivity contribution < 1.29 is 14.3 Å². The predicted molar refractivity (Wildman–Crippen MR) is 134 cm³/mol. The fraction of sp³-hybridized carbons (Fsp3) is 0.462. The van der Waals surface area contributed by atoms with Crippen LogP contribution in [0.3, 0.4) is 0 Å². The molecule has 184 valence electrons. The summed E-state index contributed by atoms with van der Waals surface area (Å²) in [6.07, 6.45) is 9.46. The van der Waals surface area contributed by atoms with Crippen LogP contribution < -0.4 is 10.1 Å². The second-order valence-electron chi connectivity index (χ2n) is 9.35. The lowest BCUT2D eigenvalue weighted by atomic mass is 10.0. The Hall–Kier alpha value is -2.97. The molecule has 3 heterocycles. The van der Waals surface area contributed by atoms with Gasteiger partial charge in [0.1, 0.15) is 17.4 Å². The molecule has 0 radical (unpaired) electrons. The van der Waals surface area contributed by atoms with Crippen LogP contribution >= 0.6 is 11.6 Å². The minimum Gasteiger partial charge on any atom is -0.493 e. The van der Waals surface area contributed by atoms with E-state index in [0.717, 1.165) is 55.2 Å². The van der Waals surface area contributed by atoms with Crippen molar-refractivity contribution in [1.29, 1.82) is 0 Å². The number of benzene rings is 1. The number of nitrogens with zero attached hydrogens (tertiary/aromatic N) is 3. The van der Waals surface area contributed by atoms with E-state index < -0.39 is 5.91 Å². The number of pyridine rings is 1. The van der Waals surface area contributed by atoms with Crippen LogP contribution in [0.4, 0.5) is 5.82 Å². The number of hydrogen-bond acceptors (Lipinski definition) is 6. The first kappa shape index (κ1) is 23.8. The number of nitrogens with one attached hydrogen (secondary N) is 2. The van der Waals surface area contributed by atoms with Gasteiger partial charge in [-0.05, 0) is 60.6 Å². The summed E-state index contributed by atoms with van der Waals surface area (Å²) in [6.45, 7) is 2.24. The summed E-state index contributed by atoms with van der Waals surface area (Å²) >= 11 is 6.50. The molecule has 1 saturated carbocycles. The van der Waals surface area contributed by atoms with Crippen LogP contribution in [0.25, 0.3) is 11.1 Å². The average Bonchev–Trinajstić information content (AvgIpc) is 3.57. The topological polar surface area (TPSA) is 102 Å². The van der Waals surface area contributed by atoms with Crippen molar-refractivity contribution in [3.05, 3.63) is 53.2 Å². The Bertz CT molecular complexity index is 1160. The maximum atomic E-state index is 12.7. The van der Waals surface area contributed by atoms with Gasteiger partial charge in [0.25, 0.3) is 5.91 Å². The van der Waals surface area contributed by atoms with E-state index >= 15 is 0 Å². The van der Waals surface area contributed by atoms with E-state index in [2.05, 4.69) is 25.5 Å². The lowest BCUT2D eigenvalue weighted by Crippen LogP contribution is -2.21. The predicted octanol–water partition coefficient (Wildman–Crippen LogP) is 5.31. The molecule has 1 amide bonds. The fourth-order valence-corrected chi connectivity index (χ4v) is 4.98. The van der Waals surface area contributed by atoms with Crippen molar-refractivity contribution in [3.63, 3.8) is 0 Å². The number of anilines is 1. The maximum absolute atomic E-state index is 12.7. The van der Waals surface area contributed by atoms with E-state index in [-0.39, 0.29) is 5.82 Å². The Morgan fingerprint density at radius 1 is 1.11 bits per heavy atom. The standard InChI is InChI=1S/C26H30ClN5O3/c27-22-6-5-20(35-16-18-8-11-34-12-9-18)15-21(22)19-7-10-28-23(14-19)30-26(33)25-29-24(31-32-25)13-17-3-1-2-4-17/h5-7,10,14-15,17-18H,1-4,8-9,11-13,16H2,(H,28,30,33)(H,29,31,32). The molecule has 8 nitrogen and oxygen atoms in total. The zero-order valence-corrected chi connectivity index (χ0v) is 20.4.